The van der Waals surface area contributed by atoms with Crippen LogP contribution in [0, 0.1) is 13.8 Å². The van der Waals surface area contributed by atoms with Crippen molar-refractivity contribution >= 4 is 23.0 Å². The molecular weight excluding hydrogens is 474 g/mol. The average Bonchev–Trinajstić information content (AvgIpc) is 3.40. The number of nitrogens with zero attached hydrogens (tertiary/aromatic N) is 4. The molecule has 1 aliphatic rings. The van der Waals surface area contributed by atoms with E-state index >= 15 is 0 Å². The number of aromatic nitrogens is 2. The van der Waals surface area contributed by atoms with Crippen LogP contribution in [0.1, 0.15) is 54.1 Å². The van der Waals surface area contributed by atoms with Gasteiger partial charge in [-0.15, -0.1) is 0 Å². The standard InChI is InChI=1S/C31H35N5S/c1-5-34(6-2)25-15-17-26(18-16-25)36-22(3)20-27(23(36)4)30-29(28-14-10-11-19-32-28)33-31(37)35(30)21-24-12-8-7-9-13-24/h7-20,29-30H,5-6,21H2,1-4H3,(H,33,37). The van der Waals surface area contributed by atoms with E-state index in [1.54, 1.807) is 0 Å². The van der Waals surface area contributed by atoms with E-state index in [-0.39, 0.29) is 12.1 Å². The Bertz CT molecular complexity index is 1340. The maximum Gasteiger partial charge on any atom is 0.170 e. The fourth-order valence-corrected chi connectivity index (χ4v) is 5.89. The molecule has 0 amide bonds. The molecule has 190 valence electrons. The topological polar surface area (TPSA) is 36.3 Å². The van der Waals surface area contributed by atoms with Gasteiger partial charge in [0.25, 0.3) is 0 Å². The number of rotatable bonds is 8. The number of pyridine rings is 1. The van der Waals surface area contributed by atoms with E-state index in [0.29, 0.717) is 0 Å². The number of anilines is 1. The summed E-state index contributed by atoms with van der Waals surface area (Å²) < 4.78 is 2.36. The molecule has 2 unspecified atom stereocenters. The van der Waals surface area contributed by atoms with E-state index in [0.717, 1.165) is 30.4 Å². The van der Waals surface area contributed by atoms with Gasteiger partial charge in [0.15, 0.2) is 5.11 Å². The van der Waals surface area contributed by atoms with Gasteiger partial charge in [0.2, 0.25) is 0 Å². The van der Waals surface area contributed by atoms with Gasteiger partial charge in [0, 0.05) is 48.6 Å². The molecule has 5 nitrogen and oxygen atoms in total. The van der Waals surface area contributed by atoms with Crippen LogP contribution in [0.5, 0.6) is 0 Å². The van der Waals surface area contributed by atoms with Crippen LogP contribution in [0.3, 0.4) is 0 Å². The van der Waals surface area contributed by atoms with Crippen molar-refractivity contribution in [2.75, 3.05) is 18.0 Å². The molecule has 37 heavy (non-hydrogen) atoms. The molecule has 2 aromatic carbocycles. The van der Waals surface area contributed by atoms with Crippen molar-refractivity contribution in [3.05, 3.63) is 113 Å². The van der Waals surface area contributed by atoms with Gasteiger partial charge in [-0.2, -0.15) is 0 Å². The van der Waals surface area contributed by atoms with E-state index in [2.05, 4.69) is 114 Å². The molecule has 4 aromatic rings. The zero-order valence-electron chi connectivity index (χ0n) is 22.1. The van der Waals surface area contributed by atoms with E-state index in [9.17, 15) is 0 Å². The maximum absolute atomic E-state index is 5.91. The Morgan fingerprint density at radius 3 is 2.27 bits per heavy atom. The second kappa shape index (κ2) is 10.8. The summed E-state index contributed by atoms with van der Waals surface area (Å²) in [4.78, 5) is 9.40. The van der Waals surface area contributed by atoms with E-state index < -0.39 is 0 Å². The Morgan fingerprint density at radius 1 is 0.919 bits per heavy atom. The molecule has 1 saturated heterocycles. The van der Waals surface area contributed by atoms with Crippen LogP contribution in [-0.4, -0.2) is 32.7 Å². The summed E-state index contributed by atoms with van der Waals surface area (Å²) >= 11 is 5.91. The Morgan fingerprint density at radius 2 is 1.62 bits per heavy atom. The van der Waals surface area contributed by atoms with E-state index in [1.165, 1.54) is 33.9 Å². The van der Waals surface area contributed by atoms with Gasteiger partial charge in [0.1, 0.15) is 0 Å². The maximum atomic E-state index is 5.91. The molecule has 2 aromatic heterocycles. The van der Waals surface area contributed by atoms with Crippen molar-refractivity contribution in [2.24, 2.45) is 0 Å². The first-order chi connectivity index (χ1) is 18.0. The quantitative estimate of drug-likeness (QED) is 0.274. The molecule has 0 saturated carbocycles. The minimum atomic E-state index is -0.0311. The smallest absolute Gasteiger partial charge is 0.170 e. The van der Waals surface area contributed by atoms with E-state index in [4.69, 9.17) is 17.2 Å². The predicted octanol–water partition coefficient (Wildman–Crippen LogP) is 6.51. The van der Waals surface area contributed by atoms with Crippen LogP contribution in [0.15, 0.2) is 85.1 Å². The van der Waals surface area contributed by atoms with Crippen molar-refractivity contribution in [2.45, 2.75) is 46.3 Å². The Kier molecular flexibility index (Phi) is 7.28. The van der Waals surface area contributed by atoms with Crippen molar-refractivity contribution in [3.8, 4) is 5.69 Å². The highest BCUT2D eigenvalue weighted by atomic mass is 32.1. The van der Waals surface area contributed by atoms with Gasteiger partial charge >= 0.3 is 0 Å². The minimum Gasteiger partial charge on any atom is -0.372 e. The van der Waals surface area contributed by atoms with Gasteiger partial charge in [-0.3, -0.25) is 4.98 Å². The fourth-order valence-electron chi connectivity index (χ4n) is 5.58. The predicted molar refractivity (Wildman–Crippen MR) is 156 cm³/mol. The summed E-state index contributed by atoms with van der Waals surface area (Å²) in [6.07, 6.45) is 1.86. The first-order valence-electron chi connectivity index (χ1n) is 13.1. The SMILES string of the molecule is CCN(CC)c1ccc(-n2c(C)cc(C3C(c4ccccn4)NC(=S)N3Cc3ccccc3)c2C)cc1. The second-order valence-corrected chi connectivity index (χ2v) is 9.98. The highest BCUT2D eigenvalue weighted by Crippen LogP contribution is 2.42. The van der Waals surface area contributed by atoms with Crippen LogP contribution in [-0.2, 0) is 6.54 Å². The zero-order valence-corrected chi connectivity index (χ0v) is 22.9. The number of thiocarbonyl (C=S) groups is 1. The van der Waals surface area contributed by atoms with Crippen LogP contribution in [0.2, 0.25) is 0 Å². The van der Waals surface area contributed by atoms with E-state index in [1.807, 2.05) is 18.3 Å². The van der Waals surface area contributed by atoms with Crippen molar-refractivity contribution in [1.29, 1.82) is 0 Å². The third kappa shape index (κ3) is 4.86. The lowest BCUT2D eigenvalue weighted by atomic mass is 9.96. The highest BCUT2D eigenvalue weighted by Gasteiger charge is 2.41. The third-order valence-corrected chi connectivity index (χ3v) is 7.77. The fraction of sp³-hybridized carbons (Fsp3) is 0.290. The number of hydrogen-bond donors (Lipinski definition) is 1. The Balaban J connectivity index is 1.56. The van der Waals surface area contributed by atoms with Crippen molar-refractivity contribution in [1.82, 2.24) is 19.8 Å². The van der Waals surface area contributed by atoms with Crippen molar-refractivity contribution in [3.63, 3.8) is 0 Å². The lowest BCUT2D eigenvalue weighted by Gasteiger charge is -2.28. The summed E-state index contributed by atoms with van der Waals surface area (Å²) in [6.45, 7) is 11.5. The van der Waals surface area contributed by atoms with Crippen LogP contribution < -0.4 is 10.2 Å². The monoisotopic (exact) mass is 509 g/mol. The molecule has 1 fully saturated rings. The van der Waals surface area contributed by atoms with Crippen LogP contribution in [0.25, 0.3) is 5.69 Å². The minimum absolute atomic E-state index is 0.0255. The Hall–Kier alpha value is -3.64. The largest absolute Gasteiger partial charge is 0.372 e. The van der Waals surface area contributed by atoms with Gasteiger partial charge in [-0.05, 0) is 93.5 Å². The first kappa shape index (κ1) is 25.0. The molecule has 3 heterocycles. The molecule has 6 heteroatoms. The first-order valence-corrected chi connectivity index (χ1v) is 13.5. The van der Waals surface area contributed by atoms with Gasteiger partial charge < -0.3 is 19.7 Å². The average molecular weight is 510 g/mol. The molecular formula is C31H35N5S. The molecule has 0 spiro atoms. The highest BCUT2D eigenvalue weighted by molar-refractivity contribution is 7.80. The number of hydrogen-bond acceptors (Lipinski definition) is 3. The third-order valence-electron chi connectivity index (χ3n) is 7.42. The number of nitrogens with one attached hydrogen (secondary N) is 1. The van der Waals surface area contributed by atoms with Crippen molar-refractivity contribution < 1.29 is 0 Å². The molecule has 2 atom stereocenters. The number of aryl methyl sites for hydroxylation is 1. The lowest BCUT2D eigenvalue weighted by molar-refractivity contribution is 0.310. The van der Waals surface area contributed by atoms with Gasteiger partial charge in [-0.25, -0.2) is 0 Å². The number of benzene rings is 2. The molecule has 5 rings (SSSR count). The normalized spacial score (nSPS) is 17.2. The van der Waals surface area contributed by atoms with Crippen LogP contribution in [0.4, 0.5) is 5.69 Å². The summed E-state index contributed by atoms with van der Waals surface area (Å²) in [6, 6.07) is 27.9. The molecule has 1 N–H and O–H groups in total. The lowest BCUT2D eigenvalue weighted by Crippen LogP contribution is -2.29. The molecule has 1 aliphatic heterocycles. The Labute approximate surface area is 225 Å². The summed E-state index contributed by atoms with van der Waals surface area (Å²) in [7, 11) is 0. The molecule has 0 radical (unpaired) electrons. The summed E-state index contributed by atoms with van der Waals surface area (Å²) in [5.41, 5.74) is 8.37. The van der Waals surface area contributed by atoms with Gasteiger partial charge in [0.05, 0.1) is 17.8 Å². The summed E-state index contributed by atoms with van der Waals surface area (Å²) in [5.74, 6) is 0. The van der Waals surface area contributed by atoms with Crippen LogP contribution >= 0.6 is 12.2 Å². The summed E-state index contributed by atoms with van der Waals surface area (Å²) in [5, 5.41) is 4.36. The second-order valence-electron chi connectivity index (χ2n) is 9.59. The molecule has 0 bridgehead atoms. The zero-order chi connectivity index (χ0) is 25.9. The van der Waals surface area contributed by atoms with Gasteiger partial charge in [-0.1, -0.05) is 36.4 Å². The molecule has 0 aliphatic carbocycles.